The van der Waals surface area contributed by atoms with Gasteiger partial charge in [0, 0.05) is 37.6 Å². The number of carbonyl (C=O) groups excluding carboxylic acids is 2. The van der Waals surface area contributed by atoms with E-state index in [2.05, 4.69) is 17.1 Å². The van der Waals surface area contributed by atoms with Crippen LogP contribution < -0.4 is 10.2 Å². The Balaban J connectivity index is 1.61. The van der Waals surface area contributed by atoms with Crippen molar-refractivity contribution in [1.29, 1.82) is 0 Å². The molecule has 0 atom stereocenters. The van der Waals surface area contributed by atoms with E-state index in [-0.39, 0.29) is 17.6 Å². The van der Waals surface area contributed by atoms with Crippen molar-refractivity contribution in [3.05, 3.63) is 47.9 Å². The Kier molecular flexibility index (Phi) is 5.88. The third kappa shape index (κ3) is 4.47. The second kappa shape index (κ2) is 8.72. The summed E-state index contributed by atoms with van der Waals surface area (Å²) in [5, 5.41) is 2.86. The van der Waals surface area contributed by atoms with Crippen LogP contribution in [-0.2, 0) is 0 Å². The lowest BCUT2D eigenvalue weighted by Gasteiger charge is -2.34. The SMILES string of the molecule is CC1CCN(C(=O)c2cc(NC(=O)c3ccco3)ccc2N2CCCCC2)CC1. The van der Waals surface area contributed by atoms with E-state index in [1.807, 2.05) is 23.1 Å². The van der Waals surface area contributed by atoms with Gasteiger partial charge in [-0.3, -0.25) is 9.59 Å². The van der Waals surface area contributed by atoms with Crippen molar-refractivity contribution >= 4 is 23.2 Å². The van der Waals surface area contributed by atoms with Gasteiger partial charge < -0.3 is 19.5 Å². The fourth-order valence-electron chi connectivity index (χ4n) is 4.18. The minimum absolute atomic E-state index is 0.0616. The second-order valence-electron chi connectivity index (χ2n) is 8.19. The topological polar surface area (TPSA) is 65.8 Å². The van der Waals surface area contributed by atoms with Crippen LogP contribution in [0.1, 0.15) is 59.9 Å². The van der Waals surface area contributed by atoms with E-state index < -0.39 is 0 Å². The smallest absolute Gasteiger partial charge is 0.291 e. The van der Waals surface area contributed by atoms with Gasteiger partial charge in [-0.2, -0.15) is 0 Å². The summed E-state index contributed by atoms with van der Waals surface area (Å²) in [5.41, 5.74) is 2.27. The Morgan fingerprint density at radius 3 is 2.48 bits per heavy atom. The molecule has 0 aliphatic carbocycles. The van der Waals surface area contributed by atoms with Gasteiger partial charge in [0.25, 0.3) is 11.8 Å². The van der Waals surface area contributed by atoms with Crippen LogP contribution in [0.4, 0.5) is 11.4 Å². The van der Waals surface area contributed by atoms with Crippen LogP contribution >= 0.6 is 0 Å². The Morgan fingerprint density at radius 2 is 1.79 bits per heavy atom. The minimum Gasteiger partial charge on any atom is -0.459 e. The first-order chi connectivity index (χ1) is 14.1. The molecule has 0 spiro atoms. The molecule has 2 fully saturated rings. The highest BCUT2D eigenvalue weighted by atomic mass is 16.3. The molecule has 0 radical (unpaired) electrons. The number of piperidine rings is 2. The van der Waals surface area contributed by atoms with Crippen LogP contribution in [0.5, 0.6) is 0 Å². The van der Waals surface area contributed by atoms with Crippen LogP contribution in [0.3, 0.4) is 0 Å². The van der Waals surface area contributed by atoms with Gasteiger partial charge in [-0.15, -0.1) is 0 Å². The van der Waals surface area contributed by atoms with Gasteiger partial charge in [-0.25, -0.2) is 0 Å². The number of nitrogens with one attached hydrogen (secondary N) is 1. The maximum absolute atomic E-state index is 13.4. The lowest BCUT2D eigenvalue weighted by molar-refractivity contribution is 0.0697. The minimum atomic E-state index is -0.314. The van der Waals surface area contributed by atoms with E-state index >= 15 is 0 Å². The number of hydrogen-bond acceptors (Lipinski definition) is 4. The first-order valence-corrected chi connectivity index (χ1v) is 10.6. The van der Waals surface area contributed by atoms with Gasteiger partial charge in [0.05, 0.1) is 11.8 Å². The zero-order chi connectivity index (χ0) is 20.2. The molecular weight excluding hydrogens is 366 g/mol. The van der Waals surface area contributed by atoms with Crippen molar-refractivity contribution in [3.8, 4) is 0 Å². The van der Waals surface area contributed by atoms with E-state index in [0.717, 1.165) is 57.5 Å². The Hall–Kier alpha value is -2.76. The van der Waals surface area contributed by atoms with Crippen LogP contribution in [0, 0.1) is 5.92 Å². The summed E-state index contributed by atoms with van der Waals surface area (Å²) in [6, 6.07) is 8.98. The quantitative estimate of drug-likeness (QED) is 0.834. The third-order valence-corrected chi connectivity index (χ3v) is 6.00. The molecule has 2 aliphatic heterocycles. The largest absolute Gasteiger partial charge is 0.459 e. The monoisotopic (exact) mass is 395 g/mol. The fraction of sp³-hybridized carbons (Fsp3) is 0.478. The first-order valence-electron chi connectivity index (χ1n) is 10.6. The first kappa shape index (κ1) is 19.6. The van der Waals surface area contributed by atoms with Crippen LogP contribution in [0.15, 0.2) is 41.0 Å². The number of amides is 2. The molecule has 1 aromatic heterocycles. The molecule has 1 N–H and O–H groups in total. The average Bonchev–Trinajstić information content (AvgIpc) is 3.29. The molecule has 3 heterocycles. The van der Waals surface area contributed by atoms with Crippen molar-refractivity contribution in [2.45, 2.75) is 39.0 Å². The molecule has 4 rings (SSSR count). The molecule has 0 saturated carbocycles. The van der Waals surface area contributed by atoms with Crippen molar-refractivity contribution < 1.29 is 14.0 Å². The molecule has 0 bridgehead atoms. The summed E-state index contributed by atoms with van der Waals surface area (Å²) in [7, 11) is 0. The third-order valence-electron chi connectivity index (χ3n) is 6.00. The van der Waals surface area contributed by atoms with E-state index in [4.69, 9.17) is 4.42 Å². The number of carbonyl (C=O) groups is 2. The molecule has 2 saturated heterocycles. The molecule has 2 aromatic rings. The van der Waals surface area contributed by atoms with Crippen LogP contribution in [0.2, 0.25) is 0 Å². The van der Waals surface area contributed by atoms with E-state index in [9.17, 15) is 9.59 Å². The highest BCUT2D eigenvalue weighted by Gasteiger charge is 2.26. The summed E-state index contributed by atoms with van der Waals surface area (Å²) in [5.74, 6) is 0.667. The lowest BCUT2D eigenvalue weighted by Crippen LogP contribution is -2.39. The highest BCUT2D eigenvalue weighted by molar-refractivity contribution is 6.05. The molecule has 6 heteroatoms. The van der Waals surface area contributed by atoms with Gasteiger partial charge in [0.1, 0.15) is 0 Å². The Morgan fingerprint density at radius 1 is 1.03 bits per heavy atom. The van der Waals surface area contributed by atoms with Gasteiger partial charge in [-0.05, 0) is 68.4 Å². The molecule has 29 heavy (non-hydrogen) atoms. The zero-order valence-corrected chi connectivity index (χ0v) is 17.0. The summed E-state index contributed by atoms with van der Waals surface area (Å²) < 4.78 is 5.17. The van der Waals surface area contributed by atoms with Crippen molar-refractivity contribution in [2.75, 3.05) is 36.4 Å². The standard InChI is InChI=1S/C23H29N3O3/c1-17-9-13-26(14-10-17)23(28)19-16-18(24-22(27)21-6-5-15-29-21)7-8-20(19)25-11-3-2-4-12-25/h5-8,15-17H,2-4,9-14H2,1H3,(H,24,27). The summed E-state index contributed by atoms with van der Waals surface area (Å²) in [4.78, 5) is 30.0. The number of nitrogens with zero attached hydrogens (tertiary/aromatic N) is 2. The molecule has 1 aromatic carbocycles. The fourth-order valence-corrected chi connectivity index (χ4v) is 4.18. The van der Waals surface area contributed by atoms with Gasteiger partial charge >= 0.3 is 0 Å². The van der Waals surface area contributed by atoms with Crippen molar-refractivity contribution in [1.82, 2.24) is 4.90 Å². The van der Waals surface area contributed by atoms with Gasteiger partial charge in [0.2, 0.25) is 0 Å². The molecule has 2 amide bonds. The normalized spacial score (nSPS) is 18.0. The zero-order valence-electron chi connectivity index (χ0n) is 17.0. The van der Waals surface area contributed by atoms with Crippen LogP contribution in [0.25, 0.3) is 0 Å². The summed E-state index contributed by atoms with van der Waals surface area (Å²) in [6.45, 7) is 5.77. The second-order valence-corrected chi connectivity index (χ2v) is 8.19. The average molecular weight is 396 g/mol. The molecule has 6 nitrogen and oxygen atoms in total. The Bertz CT molecular complexity index is 848. The highest BCUT2D eigenvalue weighted by Crippen LogP contribution is 2.30. The molecular formula is C23H29N3O3. The van der Waals surface area contributed by atoms with Crippen LogP contribution in [-0.4, -0.2) is 42.9 Å². The maximum Gasteiger partial charge on any atom is 0.291 e. The Labute approximate surface area is 171 Å². The summed E-state index contributed by atoms with van der Waals surface area (Å²) in [6.07, 6.45) is 7.08. The van der Waals surface area contributed by atoms with Gasteiger partial charge in [-0.1, -0.05) is 6.92 Å². The predicted molar refractivity (Wildman–Crippen MR) is 113 cm³/mol. The van der Waals surface area contributed by atoms with E-state index in [1.54, 1.807) is 12.1 Å². The number of likely N-dealkylation sites (tertiary alicyclic amines) is 1. The number of furan rings is 1. The molecule has 154 valence electrons. The maximum atomic E-state index is 13.4. The summed E-state index contributed by atoms with van der Waals surface area (Å²) >= 11 is 0. The predicted octanol–water partition coefficient (Wildman–Crippen LogP) is 4.39. The lowest BCUT2D eigenvalue weighted by atomic mass is 9.98. The van der Waals surface area contributed by atoms with Gasteiger partial charge in [0.15, 0.2) is 5.76 Å². The molecule has 0 unspecified atom stereocenters. The number of benzene rings is 1. The number of rotatable bonds is 4. The number of anilines is 2. The van der Waals surface area contributed by atoms with E-state index in [1.165, 1.54) is 12.7 Å². The molecule has 2 aliphatic rings. The van der Waals surface area contributed by atoms with Crippen molar-refractivity contribution in [2.24, 2.45) is 5.92 Å². The van der Waals surface area contributed by atoms with Crippen molar-refractivity contribution in [3.63, 3.8) is 0 Å². The number of hydrogen-bond donors (Lipinski definition) is 1. The van der Waals surface area contributed by atoms with E-state index in [0.29, 0.717) is 17.2 Å².